The summed E-state index contributed by atoms with van der Waals surface area (Å²) in [5.74, 6) is -2.06. The van der Waals surface area contributed by atoms with Gasteiger partial charge in [0.05, 0.1) is 5.41 Å². The second-order valence-electron chi connectivity index (χ2n) is 4.72. The molecule has 0 aliphatic heterocycles. The zero-order chi connectivity index (χ0) is 12.0. The first-order chi connectivity index (χ1) is 7.58. The van der Waals surface area contributed by atoms with E-state index in [-0.39, 0.29) is 12.3 Å². The Labute approximate surface area is 91.8 Å². The van der Waals surface area contributed by atoms with Crippen LogP contribution in [0.1, 0.15) is 19.3 Å². The molecule has 2 aliphatic rings. The highest BCUT2D eigenvalue weighted by molar-refractivity contribution is 5.98. The van der Waals surface area contributed by atoms with Gasteiger partial charge in [-0.15, -0.1) is 0 Å². The average Bonchev–Trinajstić information content (AvgIpc) is 2.83. The highest BCUT2D eigenvalue weighted by atomic mass is 16.4. The van der Waals surface area contributed by atoms with Crippen LogP contribution in [0.4, 0.5) is 0 Å². The summed E-state index contributed by atoms with van der Waals surface area (Å²) in [4.78, 5) is 44.7. The number of aldehydes is 3. The summed E-state index contributed by atoms with van der Waals surface area (Å²) in [6.45, 7) is 0. The van der Waals surface area contributed by atoms with Crippen LogP contribution in [0, 0.1) is 22.7 Å². The first-order valence-corrected chi connectivity index (χ1v) is 5.19. The topological polar surface area (TPSA) is 88.5 Å². The lowest BCUT2D eigenvalue weighted by Crippen LogP contribution is -2.51. The van der Waals surface area contributed by atoms with Gasteiger partial charge in [-0.25, -0.2) is 0 Å². The lowest BCUT2D eigenvalue weighted by Gasteiger charge is -2.38. The lowest BCUT2D eigenvalue weighted by atomic mass is 9.60. The molecular weight excluding hydrogens is 212 g/mol. The Morgan fingerprint density at radius 1 is 1.25 bits per heavy atom. The fraction of sp³-hybridized carbons (Fsp3) is 0.636. The second-order valence-corrected chi connectivity index (χ2v) is 4.72. The van der Waals surface area contributed by atoms with Crippen molar-refractivity contribution in [3.8, 4) is 0 Å². The summed E-state index contributed by atoms with van der Waals surface area (Å²) in [6.07, 6.45) is 2.45. The Kier molecular flexibility index (Phi) is 2.22. The van der Waals surface area contributed by atoms with Gasteiger partial charge in [0, 0.05) is 5.92 Å². The van der Waals surface area contributed by atoms with Gasteiger partial charge in [0.2, 0.25) is 0 Å². The molecule has 2 bridgehead atoms. The van der Waals surface area contributed by atoms with Crippen LogP contribution in [0.3, 0.4) is 0 Å². The molecule has 0 spiro atoms. The van der Waals surface area contributed by atoms with Crippen LogP contribution < -0.4 is 0 Å². The van der Waals surface area contributed by atoms with Crippen LogP contribution in [-0.2, 0) is 19.2 Å². The first kappa shape index (κ1) is 11.0. The summed E-state index contributed by atoms with van der Waals surface area (Å²) in [5, 5.41) is 9.27. The third kappa shape index (κ3) is 0.911. The molecule has 5 heteroatoms. The van der Waals surface area contributed by atoms with Gasteiger partial charge in [-0.3, -0.25) is 4.79 Å². The molecule has 1 N–H and O–H groups in total. The number of hydrogen-bond donors (Lipinski definition) is 1. The highest BCUT2D eigenvalue weighted by Crippen LogP contribution is 2.65. The van der Waals surface area contributed by atoms with Gasteiger partial charge < -0.3 is 19.5 Å². The van der Waals surface area contributed by atoms with Gasteiger partial charge in [-0.1, -0.05) is 0 Å². The summed E-state index contributed by atoms with van der Waals surface area (Å²) < 4.78 is 0. The summed E-state index contributed by atoms with van der Waals surface area (Å²) >= 11 is 0. The highest BCUT2D eigenvalue weighted by Gasteiger charge is 2.71. The van der Waals surface area contributed by atoms with E-state index in [1.54, 1.807) is 0 Å². The molecule has 2 saturated carbocycles. The van der Waals surface area contributed by atoms with E-state index in [0.717, 1.165) is 0 Å². The van der Waals surface area contributed by atoms with Crippen molar-refractivity contribution in [1.29, 1.82) is 0 Å². The van der Waals surface area contributed by atoms with Crippen molar-refractivity contribution in [2.24, 2.45) is 22.7 Å². The quantitative estimate of drug-likeness (QED) is 0.539. The molecule has 3 atom stereocenters. The van der Waals surface area contributed by atoms with Crippen molar-refractivity contribution >= 4 is 24.8 Å². The van der Waals surface area contributed by atoms with E-state index >= 15 is 0 Å². The average molecular weight is 224 g/mol. The predicted molar refractivity (Wildman–Crippen MR) is 51.5 cm³/mol. The molecule has 0 heterocycles. The number of fused-ring (bicyclic) bond motifs is 2. The Morgan fingerprint density at radius 3 is 2.31 bits per heavy atom. The van der Waals surface area contributed by atoms with Crippen molar-refractivity contribution in [2.75, 3.05) is 0 Å². The molecule has 86 valence electrons. The van der Waals surface area contributed by atoms with Crippen molar-refractivity contribution in [3.05, 3.63) is 0 Å². The van der Waals surface area contributed by atoms with Crippen LogP contribution in [0.25, 0.3) is 0 Å². The van der Waals surface area contributed by atoms with E-state index in [9.17, 15) is 24.3 Å². The minimum absolute atomic E-state index is 0.149. The van der Waals surface area contributed by atoms with E-state index in [1.807, 2.05) is 0 Å². The summed E-state index contributed by atoms with van der Waals surface area (Å²) in [7, 11) is 0. The standard InChI is InChI=1S/C11H12O5/c12-4-8-7-1-2-10(3-7,9(15)16)11(8,5-13)6-14/h4-8H,1-3H2,(H,15,16). The monoisotopic (exact) mass is 224 g/mol. The SMILES string of the molecule is O=CC1C2CCC(C(=O)O)(C2)C1(C=O)C=O. The zero-order valence-corrected chi connectivity index (χ0v) is 8.59. The molecular formula is C11H12O5. The third-order valence-corrected chi connectivity index (χ3v) is 4.39. The number of carbonyl (C=O) groups is 4. The third-order valence-electron chi connectivity index (χ3n) is 4.39. The minimum atomic E-state index is -1.65. The minimum Gasteiger partial charge on any atom is -0.481 e. The van der Waals surface area contributed by atoms with Gasteiger partial charge in [-0.2, -0.15) is 0 Å². The van der Waals surface area contributed by atoms with Crippen LogP contribution in [0.2, 0.25) is 0 Å². The second kappa shape index (κ2) is 3.23. The van der Waals surface area contributed by atoms with Gasteiger partial charge >= 0.3 is 5.97 Å². The van der Waals surface area contributed by atoms with E-state index in [1.165, 1.54) is 0 Å². The van der Waals surface area contributed by atoms with Gasteiger partial charge in [0.15, 0.2) is 0 Å². The molecule has 5 nitrogen and oxygen atoms in total. The zero-order valence-electron chi connectivity index (χ0n) is 8.59. The predicted octanol–water partition coefficient (Wildman–Crippen LogP) is 0.0704. The van der Waals surface area contributed by atoms with Crippen LogP contribution in [-0.4, -0.2) is 29.9 Å². The number of aliphatic carboxylic acids is 1. The van der Waals surface area contributed by atoms with Crippen LogP contribution >= 0.6 is 0 Å². The molecule has 16 heavy (non-hydrogen) atoms. The van der Waals surface area contributed by atoms with Crippen molar-refractivity contribution in [3.63, 3.8) is 0 Å². The van der Waals surface area contributed by atoms with Crippen LogP contribution in [0.5, 0.6) is 0 Å². The van der Waals surface area contributed by atoms with Gasteiger partial charge in [-0.05, 0) is 25.2 Å². The number of hydrogen-bond acceptors (Lipinski definition) is 4. The maximum absolute atomic E-state index is 11.3. The lowest BCUT2D eigenvalue weighted by molar-refractivity contribution is -0.164. The molecule has 2 aliphatic carbocycles. The van der Waals surface area contributed by atoms with Crippen molar-refractivity contribution in [2.45, 2.75) is 19.3 Å². The van der Waals surface area contributed by atoms with Crippen molar-refractivity contribution < 1.29 is 24.3 Å². The maximum Gasteiger partial charge on any atom is 0.311 e. The van der Waals surface area contributed by atoms with E-state index in [2.05, 4.69) is 0 Å². The van der Waals surface area contributed by atoms with Gasteiger partial charge in [0.1, 0.15) is 24.3 Å². The molecule has 0 radical (unpaired) electrons. The fourth-order valence-electron chi connectivity index (χ4n) is 3.51. The van der Waals surface area contributed by atoms with E-state index in [4.69, 9.17) is 0 Å². The number of rotatable bonds is 4. The number of carboxylic acids is 1. The van der Waals surface area contributed by atoms with Gasteiger partial charge in [0.25, 0.3) is 0 Å². The van der Waals surface area contributed by atoms with Crippen molar-refractivity contribution in [1.82, 2.24) is 0 Å². The Balaban J connectivity index is 2.60. The molecule has 0 aromatic heterocycles. The summed E-state index contributed by atoms with van der Waals surface area (Å²) in [5.41, 5.74) is -3.00. The summed E-state index contributed by atoms with van der Waals surface area (Å²) in [6, 6.07) is 0. The smallest absolute Gasteiger partial charge is 0.311 e. The maximum atomic E-state index is 11.3. The molecule has 2 rings (SSSR count). The molecule has 0 amide bonds. The molecule has 0 aromatic carbocycles. The number of carbonyl (C=O) groups excluding carboxylic acids is 3. The Bertz CT molecular complexity index is 367. The van der Waals surface area contributed by atoms with E-state index in [0.29, 0.717) is 31.7 Å². The van der Waals surface area contributed by atoms with E-state index < -0.39 is 22.7 Å². The number of carboxylic acid groups (broad SMARTS) is 1. The molecule has 2 fully saturated rings. The normalized spacial score (nSPS) is 39.2. The Hall–Kier alpha value is -1.52. The fourth-order valence-corrected chi connectivity index (χ4v) is 3.51. The largest absolute Gasteiger partial charge is 0.481 e. The molecule has 3 unspecified atom stereocenters. The molecule has 0 aromatic rings. The molecule has 0 saturated heterocycles. The van der Waals surface area contributed by atoms with Crippen LogP contribution in [0.15, 0.2) is 0 Å². The Morgan fingerprint density at radius 2 is 1.88 bits per heavy atom. The first-order valence-electron chi connectivity index (χ1n) is 5.19.